The first-order valence-corrected chi connectivity index (χ1v) is 25.9. The van der Waals surface area contributed by atoms with Gasteiger partial charge in [-0.3, -0.25) is 0 Å². The third-order valence-electron chi connectivity index (χ3n) is 14.8. The van der Waals surface area contributed by atoms with Gasteiger partial charge < -0.3 is 9.32 Å². The van der Waals surface area contributed by atoms with E-state index in [0.29, 0.717) is 0 Å². The standard InChI is InChI=1S/C72H59NO/c1-71(2,3)56-35-27-52(28-36-56)63-47-66-64(61-44-37-57(72(4,5)6)45-65(61)68-67(54-23-15-9-16-24-54)69(74-70(66)68)55-25-17-10-18-26-55)46-62(63)53-33-42-60(43-34-53)73(58-38-29-50(30-39-58)48-19-11-7-12-20-48)59-40-31-51(32-41-59)49-21-13-8-14-22-49/h7-47H,1-6H3. The first kappa shape index (κ1) is 46.4. The molecule has 0 saturated heterocycles. The molecule has 0 unspecified atom stereocenters. The van der Waals surface area contributed by atoms with Crippen LogP contribution in [0.3, 0.4) is 0 Å². The minimum atomic E-state index is -0.0634. The fourth-order valence-corrected chi connectivity index (χ4v) is 10.7. The highest BCUT2D eigenvalue weighted by molar-refractivity contribution is 6.29. The van der Waals surface area contributed by atoms with E-state index in [2.05, 4.69) is 295 Å². The summed E-state index contributed by atoms with van der Waals surface area (Å²) >= 11 is 0. The van der Waals surface area contributed by atoms with Crippen LogP contribution in [0.5, 0.6) is 0 Å². The van der Waals surface area contributed by atoms with Crippen LogP contribution in [-0.4, -0.2) is 0 Å². The van der Waals surface area contributed by atoms with Gasteiger partial charge >= 0.3 is 0 Å². The predicted octanol–water partition coefficient (Wildman–Crippen LogP) is 20.8. The van der Waals surface area contributed by atoms with E-state index in [1.165, 1.54) is 44.2 Å². The molecule has 2 nitrogen and oxygen atoms in total. The summed E-state index contributed by atoms with van der Waals surface area (Å²) in [5.74, 6) is 0.881. The summed E-state index contributed by atoms with van der Waals surface area (Å²) in [6.07, 6.45) is 0. The van der Waals surface area contributed by atoms with Gasteiger partial charge in [-0.25, -0.2) is 0 Å². The fourth-order valence-electron chi connectivity index (χ4n) is 10.7. The lowest BCUT2D eigenvalue weighted by Crippen LogP contribution is -2.10. The highest BCUT2D eigenvalue weighted by Gasteiger charge is 2.26. The molecule has 0 aliphatic carbocycles. The molecule has 12 rings (SSSR count). The molecule has 0 spiro atoms. The second kappa shape index (κ2) is 18.7. The largest absolute Gasteiger partial charge is 0.455 e. The van der Waals surface area contributed by atoms with Gasteiger partial charge in [0.15, 0.2) is 0 Å². The number of furan rings is 1. The Hall–Kier alpha value is -8.72. The average Bonchev–Trinajstić information content (AvgIpc) is 3.87. The van der Waals surface area contributed by atoms with Crippen molar-refractivity contribution in [3.8, 4) is 67.0 Å². The molecule has 74 heavy (non-hydrogen) atoms. The molecule has 0 aliphatic rings. The number of rotatable bonds is 9. The summed E-state index contributed by atoms with van der Waals surface area (Å²) < 4.78 is 7.37. The second-order valence-corrected chi connectivity index (χ2v) is 21.7. The van der Waals surface area contributed by atoms with Crippen molar-refractivity contribution in [2.75, 3.05) is 4.90 Å². The van der Waals surface area contributed by atoms with Crippen molar-refractivity contribution < 1.29 is 4.42 Å². The van der Waals surface area contributed by atoms with E-state index in [1.54, 1.807) is 0 Å². The molecular formula is C72H59NO. The number of hydrogen-bond acceptors (Lipinski definition) is 2. The maximum absolute atomic E-state index is 7.37. The van der Waals surface area contributed by atoms with Crippen LogP contribution in [0.25, 0.3) is 99.5 Å². The van der Waals surface area contributed by atoms with Gasteiger partial charge in [0.25, 0.3) is 0 Å². The molecule has 11 aromatic carbocycles. The normalized spacial score (nSPS) is 11.9. The summed E-state index contributed by atoms with van der Waals surface area (Å²) in [6.45, 7) is 13.7. The second-order valence-electron chi connectivity index (χ2n) is 21.7. The maximum Gasteiger partial charge on any atom is 0.143 e. The van der Waals surface area contributed by atoms with E-state index < -0.39 is 0 Å². The third kappa shape index (κ3) is 8.67. The van der Waals surface area contributed by atoms with Gasteiger partial charge in [0, 0.05) is 39.0 Å². The van der Waals surface area contributed by atoms with Crippen LogP contribution < -0.4 is 4.90 Å². The van der Waals surface area contributed by atoms with Crippen LogP contribution in [0.2, 0.25) is 0 Å². The number of benzene rings is 11. The Kier molecular flexibility index (Phi) is 11.7. The summed E-state index contributed by atoms with van der Waals surface area (Å²) in [5.41, 5.74) is 19.4. The fraction of sp³-hybridized carbons (Fsp3) is 0.111. The maximum atomic E-state index is 7.37. The quantitative estimate of drug-likeness (QED) is 0.134. The Morgan fingerprint density at radius 2 is 0.676 bits per heavy atom. The monoisotopic (exact) mass is 953 g/mol. The molecule has 0 saturated carbocycles. The molecule has 0 radical (unpaired) electrons. The zero-order valence-electron chi connectivity index (χ0n) is 43.0. The summed E-state index contributed by atoms with van der Waals surface area (Å²) in [6, 6.07) is 90.8. The van der Waals surface area contributed by atoms with Gasteiger partial charge in [-0.05, 0) is 143 Å². The average molecular weight is 954 g/mol. The molecule has 358 valence electrons. The van der Waals surface area contributed by atoms with Crippen LogP contribution >= 0.6 is 0 Å². The number of fused-ring (bicyclic) bond motifs is 6. The minimum Gasteiger partial charge on any atom is -0.455 e. The highest BCUT2D eigenvalue weighted by Crippen LogP contribution is 2.50. The Bertz CT molecular complexity index is 3850. The Labute approximate surface area is 435 Å². The summed E-state index contributed by atoms with van der Waals surface area (Å²) in [5, 5.41) is 5.79. The molecule has 0 amide bonds. The molecule has 1 aromatic heterocycles. The van der Waals surface area contributed by atoms with E-state index in [-0.39, 0.29) is 10.8 Å². The summed E-state index contributed by atoms with van der Waals surface area (Å²) in [4.78, 5) is 2.36. The number of anilines is 3. The Morgan fingerprint density at radius 3 is 1.14 bits per heavy atom. The lowest BCUT2D eigenvalue weighted by molar-refractivity contribution is 0.590. The van der Waals surface area contributed by atoms with Crippen LogP contribution in [0.4, 0.5) is 17.1 Å². The van der Waals surface area contributed by atoms with Gasteiger partial charge in [-0.2, -0.15) is 0 Å². The van der Waals surface area contributed by atoms with Gasteiger partial charge in [0.1, 0.15) is 11.3 Å². The van der Waals surface area contributed by atoms with Crippen molar-refractivity contribution >= 4 is 49.6 Å². The molecule has 0 bridgehead atoms. The predicted molar refractivity (Wildman–Crippen MR) is 316 cm³/mol. The lowest BCUT2D eigenvalue weighted by Gasteiger charge is -2.26. The van der Waals surface area contributed by atoms with E-state index >= 15 is 0 Å². The van der Waals surface area contributed by atoms with Gasteiger partial charge in [-0.1, -0.05) is 236 Å². The topological polar surface area (TPSA) is 16.4 Å². The van der Waals surface area contributed by atoms with Crippen molar-refractivity contribution in [3.63, 3.8) is 0 Å². The number of hydrogen-bond donors (Lipinski definition) is 0. The first-order valence-electron chi connectivity index (χ1n) is 25.9. The Morgan fingerprint density at radius 1 is 0.297 bits per heavy atom. The van der Waals surface area contributed by atoms with Crippen molar-refractivity contribution in [1.82, 2.24) is 0 Å². The van der Waals surface area contributed by atoms with E-state index in [4.69, 9.17) is 4.42 Å². The SMILES string of the molecule is CC(C)(C)c1ccc(-c2cc3c(cc2-c2ccc(N(c4ccc(-c5ccccc5)cc4)c4ccc(-c5ccccc5)cc4)cc2)c2ccc(C(C)(C)C)cc2c2c(-c4ccccc4)c(-c4ccccc4)oc32)cc1. The van der Waals surface area contributed by atoms with E-state index in [9.17, 15) is 0 Å². The van der Waals surface area contributed by atoms with Gasteiger partial charge in [0.2, 0.25) is 0 Å². The smallest absolute Gasteiger partial charge is 0.143 e. The van der Waals surface area contributed by atoms with Gasteiger partial charge in [-0.15, -0.1) is 0 Å². The van der Waals surface area contributed by atoms with Crippen LogP contribution in [0, 0.1) is 0 Å². The van der Waals surface area contributed by atoms with E-state index in [1.807, 2.05) is 0 Å². The zero-order valence-corrected chi connectivity index (χ0v) is 43.0. The molecule has 0 aliphatic heterocycles. The summed E-state index contributed by atoms with van der Waals surface area (Å²) in [7, 11) is 0. The van der Waals surface area contributed by atoms with Crippen LogP contribution in [-0.2, 0) is 10.8 Å². The minimum absolute atomic E-state index is 0.0169. The van der Waals surface area contributed by atoms with Crippen molar-refractivity contribution in [3.05, 3.63) is 260 Å². The lowest BCUT2D eigenvalue weighted by atomic mass is 9.82. The molecular weight excluding hydrogens is 895 g/mol. The van der Waals surface area contributed by atoms with Crippen LogP contribution in [0.15, 0.2) is 253 Å². The molecule has 2 heteroatoms. The van der Waals surface area contributed by atoms with Crippen molar-refractivity contribution in [2.24, 2.45) is 0 Å². The zero-order chi connectivity index (χ0) is 50.6. The molecule has 12 aromatic rings. The van der Waals surface area contributed by atoms with E-state index in [0.717, 1.165) is 83.5 Å². The van der Waals surface area contributed by atoms with Crippen molar-refractivity contribution in [1.29, 1.82) is 0 Å². The Balaban J connectivity index is 1.08. The van der Waals surface area contributed by atoms with Gasteiger partial charge in [0.05, 0.1) is 0 Å². The highest BCUT2D eigenvalue weighted by atomic mass is 16.3. The molecule has 0 fully saturated rings. The molecule has 0 atom stereocenters. The molecule has 0 N–H and O–H groups in total. The van der Waals surface area contributed by atoms with Crippen LogP contribution in [0.1, 0.15) is 52.7 Å². The third-order valence-corrected chi connectivity index (χ3v) is 14.8. The van der Waals surface area contributed by atoms with Crippen molar-refractivity contribution in [2.45, 2.75) is 52.4 Å². The first-order chi connectivity index (χ1) is 36.0. The molecule has 1 heterocycles. The number of nitrogens with zero attached hydrogens (tertiary/aromatic N) is 1.